The summed E-state index contributed by atoms with van der Waals surface area (Å²) in [5, 5.41) is 5.83. The normalized spacial score (nSPS) is 16.0. The smallest absolute Gasteiger partial charge is 0.402 e. The zero-order valence-corrected chi connectivity index (χ0v) is 25.1. The van der Waals surface area contributed by atoms with Gasteiger partial charge in [-0.1, -0.05) is 27.7 Å². The van der Waals surface area contributed by atoms with E-state index in [1.807, 2.05) is 5.32 Å². The van der Waals surface area contributed by atoms with Crippen LogP contribution in [0.3, 0.4) is 0 Å². The average molecular weight is 608 g/mol. The van der Waals surface area contributed by atoms with Gasteiger partial charge in [0.2, 0.25) is 11.8 Å². The Hall–Kier alpha value is -2.58. The van der Waals surface area contributed by atoms with E-state index in [1.165, 1.54) is 48.5 Å². The molecule has 0 aliphatic rings. The van der Waals surface area contributed by atoms with E-state index in [1.54, 1.807) is 26.1 Å². The van der Waals surface area contributed by atoms with E-state index >= 15 is 0 Å². The van der Waals surface area contributed by atoms with E-state index in [0.29, 0.717) is 0 Å². The van der Waals surface area contributed by atoms with Crippen molar-refractivity contribution in [3.63, 3.8) is 0 Å². The number of rotatable bonds is 12. The van der Waals surface area contributed by atoms with Crippen LogP contribution >= 0.6 is 0 Å². The van der Waals surface area contributed by atoms with Crippen molar-refractivity contribution >= 4 is 23.8 Å². The van der Waals surface area contributed by atoms with Crippen LogP contribution in [0.4, 0.5) is 26.3 Å². The molecule has 41 heavy (non-hydrogen) atoms. The van der Waals surface area contributed by atoms with E-state index in [9.17, 15) is 45.5 Å². The molecule has 2 amide bonds. The van der Waals surface area contributed by atoms with Crippen molar-refractivity contribution in [1.82, 2.24) is 16.0 Å². The molecule has 0 bridgehead atoms. The molecule has 0 saturated carbocycles. The number of carbonyl (C=O) groups is 4. The molecule has 0 fully saturated rings. The van der Waals surface area contributed by atoms with Gasteiger partial charge in [-0.05, 0) is 53.4 Å². The second-order valence-electron chi connectivity index (χ2n) is 12.4. The lowest BCUT2D eigenvalue weighted by Crippen LogP contribution is -2.55. The highest BCUT2D eigenvalue weighted by Gasteiger charge is 2.49. The number of ether oxygens (including phenoxy) is 2. The first kappa shape index (κ1) is 38.4. The maximum atomic E-state index is 13.7. The number of carbonyl (C=O) groups excluding carboxylic acids is 4. The van der Waals surface area contributed by atoms with Crippen LogP contribution in [0.25, 0.3) is 0 Å². The van der Waals surface area contributed by atoms with Gasteiger partial charge in [0.1, 0.15) is 29.2 Å². The zero-order chi connectivity index (χ0) is 32.7. The molecule has 0 aliphatic heterocycles. The number of halogens is 6. The van der Waals surface area contributed by atoms with Crippen molar-refractivity contribution in [3.05, 3.63) is 0 Å². The first-order valence-corrected chi connectivity index (χ1v) is 13.1. The van der Waals surface area contributed by atoms with Crippen LogP contribution in [0.5, 0.6) is 0 Å². The average Bonchev–Trinajstić information content (AvgIpc) is 2.69. The van der Waals surface area contributed by atoms with Gasteiger partial charge in [-0.2, -0.15) is 26.3 Å². The molecule has 4 atom stereocenters. The van der Waals surface area contributed by atoms with Crippen molar-refractivity contribution in [2.45, 2.75) is 105 Å². The molecule has 240 valence electrons. The second-order valence-corrected chi connectivity index (χ2v) is 12.4. The quantitative estimate of drug-likeness (QED) is 0.227. The van der Waals surface area contributed by atoms with Crippen molar-refractivity contribution in [2.75, 3.05) is 13.1 Å². The van der Waals surface area contributed by atoms with E-state index in [2.05, 4.69) is 5.32 Å². The molecule has 9 nitrogen and oxygen atoms in total. The zero-order valence-electron chi connectivity index (χ0n) is 25.1. The van der Waals surface area contributed by atoms with Gasteiger partial charge in [-0.15, -0.1) is 0 Å². The molecular weight excluding hydrogens is 564 g/mol. The fourth-order valence-electron chi connectivity index (χ4n) is 3.36. The molecule has 3 N–H and O–H groups in total. The SMILES string of the molecule is CC(C)[C@H](NC[C@@H](C(=O)NC[C@@H](C(=O)N[C@H](C(=O)OC(C)(C)C)C(C)C)C(F)(F)F)C(F)(F)F)C(=O)OC(C)(C)C. The summed E-state index contributed by atoms with van der Waals surface area (Å²) < 4.78 is 92.7. The third-order valence-electron chi connectivity index (χ3n) is 5.40. The standard InChI is InChI=1S/C26H43F6N3O6/c1-13(2)17(21(38)40-23(5,6)7)33-11-15(25(27,28)29)19(36)34-12-16(26(30,31)32)20(37)35-18(14(3)4)22(39)41-24(8,9)10/h13-18,33H,11-12H2,1-10H3,(H,34,36)(H,35,37)/t15-,16-,17-,18-/m0/s1. The fourth-order valence-corrected chi connectivity index (χ4v) is 3.36. The number of nitrogens with one attached hydrogen (secondary N) is 3. The van der Waals surface area contributed by atoms with E-state index in [4.69, 9.17) is 9.47 Å². The highest BCUT2D eigenvalue weighted by atomic mass is 19.4. The van der Waals surface area contributed by atoms with Crippen molar-refractivity contribution in [2.24, 2.45) is 23.7 Å². The maximum Gasteiger partial charge on any atom is 0.402 e. The Kier molecular flexibility index (Phi) is 13.6. The van der Waals surface area contributed by atoms with Crippen LogP contribution in [-0.4, -0.2) is 72.5 Å². The number of alkyl halides is 6. The minimum Gasteiger partial charge on any atom is -0.459 e. The van der Waals surface area contributed by atoms with E-state index in [0.717, 1.165) is 0 Å². The Morgan fingerprint density at radius 1 is 0.610 bits per heavy atom. The Balaban J connectivity index is 5.75. The highest BCUT2D eigenvalue weighted by Crippen LogP contribution is 2.29. The molecule has 0 rings (SSSR count). The maximum absolute atomic E-state index is 13.7. The van der Waals surface area contributed by atoms with Crippen molar-refractivity contribution < 1.29 is 55.0 Å². The molecule has 0 saturated heterocycles. The van der Waals surface area contributed by atoms with Crippen LogP contribution in [0.1, 0.15) is 69.2 Å². The van der Waals surface area contributed by atoms with Gasteiger partial charge in [-0.25, -0.2) is 4.79 Å². The second kappa shape index (κ2) is 14.5. The van der Waals surface area contributed by atoms with Crippen LogP contribution in [0, 0.1) is 23.7 Å². The lowest BCUT2D eigenvalue weighted by Gasteiger charge is -2.29. The van der Waals surface area contributed by atoms with Crippen LogP contribution in [0.15, 0.2) is 0 Å². The lowest BCUT2D eigenvalue weighted by molar-refractivity contribution is -0.188. The monoisotopic (exact) mass is 607 g/mol. The largest absolute Gasteiger partial charge is 0.459 e. The molecule has 0 radical (unpaired) electrons. The number of esters is 2. The summed E-state index contributed by atoms with van der Waals surface area (Å²) in [6.07, 6.45) is -10.5. The Morgan fingerprint density at radius 3 is 1.32 bits per heavy atom. The Bertz CT molecular complexity index is 907. The molecular formula is C26H43F6N3O6. The summed E-state index contributed by atoms with van der Waals surface area (Å²) >= 11 is 0. The molecule has 0 aromatic carbocycles. The first-order chi connectivity index (χ1) is 18.2. The molecule has 0 aliphatic carbocycles. The van der Waals surface area contributed by atoms with Gasteiger partial charge in [0.15, 0.2) is 5.92 Å². The summed E-state index contributed by atoms with van der Waals surface area (Å²) in [7, 11) is 0. The van der Waals surface area contributed by atoms with Crippen LogP contribution < -0.4 is 16.0 Å². The minimum absolute atomic E-state index is 0.557. The summed E-state index contributed by atoms with van der Waals surface area (Å²) in [5.74, 6) is -12.5. The number of hydrogen-bond acceptors (Lipinski definition) is 7. The van der Waals surface area contributed by atoms with Gasteiger partial charge >= 0.3 is 24.3 Å². The lowest BCUT2D eigenvalue weighted by atomic mass is 10.0. The summed E-state index contributed by atoms with van der Waals surface area (Å²) in [6, 6.07) is -2.74. The van der Waals surface area contributed by atoms with Crippen molar-refractivity contribution in [3.8, 4) is 0 Å². The topological polar surface area (TPSA) is 123 Å². The molecule has 0 aromatic heterocycles. The van der Waals surface area contributed by atoms with E-state index < -0.39 is 96.2 Å². The summed E-state index contributed by atoms with van der Waals surface area (Å²) in [4.78, 5) is 49.9. The third kappa shape index (κ3) is 14.2. The molecule has 15 heteroatoms. The predicted molar refractivity (Wildman–Crippen MR) is 137 cm³/mol. The third-order valence-corrected chi connectivity index (χ3v) is 5.40. The molecule has 0 aromatic rings. The Labute approximate surface area is 236 Å². The van der Waals surface area contributed by atoms with Crippen LogP contribution in [0.2, 0.25) is 0 Å². The predicted octanol–water partition coefficient (Wildman–Crippen LogP) is 3.90. The van der Waals surface area contributed by atoms with Gasteiger partial charge in [0.25, 0.3) is 0 Å². The fraction of sp³-hybridized carbons (Fsp3) is 0.846. The summed E-state index contributed by atoms with van der Waals surface area (Å²) in [5.41, 5.74) is -1.96. The number of amides is 2. The molecule has 0 unspecified atom stereocenters. The van der Waals surface area contributed by atoms with Gasteiger partial charge in [0, 0.05) is 13.1 Å². The Morgan fingerprint density at radius 2 is 0.976 bits per heavy atom. The van der Waals surface area contributed by atoms with Crippen molar-refractivity contribution in [1.29, 1.82) is 0 Å². The first-order valence-electron chi connectivity index (χ1n) is 13.1. The minimum atomic E-state index is -5.28. The van der Waals surface area contributed by atoms with Crippen LogP contribution in [-0.2, 0) is 28.7 Å². The van der Waals surface area contributed by atoms with Gasteiger partial charge in [-0.3, -0.25) is 14.4 Å². The number of hydrogen-bond donors (Lipinski definition) is 3. The van der Waals surface area contributed by atoms with Gasteiger partial charge < -0.3 is 25.4 Å². The van der Waals surface area contributed by atoms with Gasteiger partial charge in [0.05, 0.1) is 0 Å². The summed E-state index contributed by atoms with van der Waals surface area (Å²) in [6.45, 7) is 12.5. The molecule has 0 heterocycles. The molecule has 0 spiro atoms. The highest BCUT2D eigenvalue weighted by molar-refractivity contribution is 5.87. The van der Waals surface area contributed by atoms with E-state index in [-0.39, 0.29) is 0 Å².